The number of hydrogen-bond acceptors (Lipinski definition) is 4. The Morgan fingerprint density at radius 2 is 2.00 bits per heavy atom. The van der Waals surface area contributed by atoms with Crippen LogP contribution in [0.4, 0.5) is 4.39 Å². The zero-order valence-corrected chi connectivity index (χ0v) is 16.1. The van der Waals surface area contributed by atoms with Gasteiger partial charge >= 0.3 is 0 Å². The summed E-state index contributed by atoms with van der Waals surface area (Å²) in [6, 6.07) is 13.5. The fourth-order valence-electron chi connectivity index (χ4n) is 3.75. The minimum absolute atomic E-state index is 0.00249. The Hall–Kier alpha value is -2.93. The van der Waals surface area contributed by atoms with Gasteiger partial charge in [-0.25, -0.2) is 9.37 Å². The van der Waals surface area contributed by atoms with Gasteiger partial charge in [-0.05, 0) is 49.2 Å². The van der Waals surface area contributed by atoms with Crippen LogP contribution in [0.2, 0.25) is 0 Å². The number of fused-ring (bicyclic) bond motifs is 1. The average molecular weight is 397 g/mol. The maximum Gasteiger partial charge on any atom is 0.224 e. The summed E-state index contributed by atoms with van der Waals surface area (Å²) in [6.07, 6.45) is 3.36. The van der Waals surface area contributed by atoms with Crippen LogP contribution in [-0.4, -0.2) is 50.8 Å². The molecule has 1 atom stereocenters. The first-order valence-corrected chi connectivity index (χ1v) is 9.81. The molecule has 0 bridgehead atoms. The second kappa shape index (κ2) is 8.21. The molecule has 3 aromatic rings. The van der Waals surface area contributed by atoms with E-state index < -0.39 is 5.60 Å². The van der Waals surface area contributed by atoms with Gasteiger partial charge in [-0.15, -0.1) is 0 Å². The van der Waals surface area contributed by atoms with E-state index in [2.05, 4.69) is 4.98 Å². The molecular weight excluding hydrogens is 373 g/mol. The Balaban J connectivity index is 1.33. The van der Waals surface area contributed by atoms with Crippen LogP contribution < -0.4 is 4.74 Å². The van der Waals surface area contributed by atoms with Crippen LogP contribution in [0, 0.1) is 5.82 Å². The number of piperidine rings is 1. The zero-order chi connectivity index (χ0) is 20.3. The van der Waals surface area contributed by atoms with Gasteiger partial charge in [0.1, 0.15) is 23.8 Å². The lowest BCUT2D eigenvalue weighted by Crippen LogP contribution is -2.53. The summed E-state index contributed by atoms with van der Waals surface area (Å²) in [6.45, 7) is 1.47. The molecule has 0 saturated carbocycles. The number of nitrogens with zero attached hydrogens (tertiary/aromatic N) is 3. The van der Waals surface area contributed by atoms with E-state index in [0.29, 0.717) is 38.1 Å². The molecule has 2 heterocycles. The van der Waals surface area contributed by atoms with E-state index in [-0.39, 0.29) is 24.9 Å². The highest BCUT2D eigenvalue weighted by atomic mass is 19.1. The highest BCUT2D eigenvalue weighted by Gasteiger charge is 2.36. The molecule has 0 spiro atoms. The van der Waals surface area contributed by atoms with Crippen LogP contribution in [-0.2, 0) is 11.3 Å². The fraction of sp³-hybridized carbons (Fsp3) is 0.364. The molecule has 7 heteroatoms. The Labute approximate surface area is 168 Å². The first kappa shape index (κ1) is 19.4. The fourth-order valence-corrected chi connectivity index (χ4v) is 3.75. The smallest absolute Gasteiger partial charge is 0.224 e. The van der Waals surface area contributed by atoms with Crippen LogP contribution >= 0.6 is 0 Å². The van der Waals surface area contributed by atoms with Crippen LogP contribution in [0.15, 0.2) is 54.9 Å². The topological polar surface area (TPSA) is 67.6 Å². The highest BCUT2D eigenvalue weighted by molar-refractivity contribution is 5.77. The molecule has 152 valence electrons. The molecule has 2 aromatic carbocycles. The summed E-state index contributed by atoms with van der Waals surface area (Å²) in [5.74, 6) is 0.161. The lowest BCUT2D eigenvalue weighted by molar-refractivity contribution is -0.140. The third-order valence-corrected chi connectivity index (χ3v) is 5.32. The van der Waals surface area contributed by atoms with E-state index >= 15 is 0 Å². The largest absolute Gasteiger partial charge is 0.491 e. The molecule has 1 aromatic heterocycles. The lowest BCUT2D eigenvalue weighted by Gasteiger charge is -2.39. The van der Waals surface area contributed by atoms with Crippen molar-refractivity contribution < 1.29 is 19.0 Å². The number of aryl methyl sites for hydroxylation is 1. The SMILES string of the molecule is O=C(CCn1cnc2ccccc21)N1CCCC(O)(COc2ccc(F)cc2)C1. The number of aromatic nitrogens is 2. The molecule has 0 radical (unpaired) electrons. The number of carbonyl (C=O) groups excluding carboxylic acids is 1. The van der Waals surface area contributed by atoms with Crippen LogP contribution in [0.5, 0.6) is 5.75 Å². The predicted octanol–water partition coefficient (Wildman–Crippen LogP) is 3.00. The molecule has 1 N–H and O–H groups in total. The Morgan fingerprint density at radius 3 is 2.83 bits per heavy atom. The molecule has 0 aliphatic carbocycles. The Kier molecular flexibility index (Phi) is 5.49. The molecule has 1 aliphatic rings. The Bertz CT molecular complexity index is 988. The average Bonchev–Trinajstić information content (AvgIpc) is 3.15. The number of amides is 1. The molecule has 1 aliphatic heterocycles. The van der Waals surface area contributed by atoms with Gasteiger partial charge in [0.25, 0.3) is 0 Å². The summed E-state index contributed by atoms with van der Waals surface area (Å²) < 4.78 is 20.6. The van der Waals surface area contributed by atoms with Gasteiger partial charge in [-0.1, -0.05) is 12.1 Å². The molecular formula is C22H24FN3O3. The summed E-state index contributed by atoms with van der Waals surface area (Å²) in [7, 11) is 0. The number of aliphatic hydroxyl groups is 1. The third-order valence-electron chi connectivity index (χ3n) is 5.32. The number of para-hydroxylation sites is 2. The minimum Gasteiger partial charge on any atom is -0.491 e. The highest BCUT2D eigenvalue weighted by Crippen LogP contribution is 2.24. The van der Waals surface area contributed by atoms with Gasteiger partial charge in [0.05, 0.1) is 23.9 Å². The minimum atomic E-state index is -1.11. The number of hydrogen-bond donors (Lipinski definition) is 1. The number of β-amino-alcohol motifs (C(OH)–C–C–N with tert-alkyl or cyclic N) is 1. The van der Waals surface area contributed by atoms with Gasteiger partial charge in [-0.3, -0.25) is 4.79 Å². The summed E-state index contributed by atoms with van der Waals surface area (Å²) >= 11 is 0. The quantitative estimate of drug-likeness (QED) is 0.694. The van der Waals surface area contributed by atoms with Crippen molar-refractivity contribution in [3.05, 3.63) is 60.7 Å². The van der Waals surface area contributed by atoms with Crippen molar-refractivity contribution in [2.24, 2.45) is 0 Å². The number of ether oxygens (including phenoxy) is 1. The summed E-state index contributed by atoms with van der Waals surface area (Å²) in [4.78, 5) is 18.8. The molecule has 29 heavy (non-hydrogen) atoms. The monoisotopic (exact) mass is 397 g/mol. The molecule has 1 saturated heterocycles. The standard InChI is InChI=1S/C22H24FN3O3/c23-17-6-8-18(9-7-17)29-15-22(28)11-3-12-25(14-22)21(27)10-13-26-16-24-19-4-1-2-5-20(19)26/h1-2,4-9,16,28H,3,10-15H2. The van der Waals surface area contributed by atoms with Crippen LogP contribution in [0.1, 0.15) is 19.3 Å². The van der Waals surface area contributed by atoms with E-state index in [1.165, 1.54) is 24.3 Å². The molecule has 4 rings (SSSR count). The lowest BCUT2D eigenvalue weighted by atomic mass is 9.93. The first-order chi connectivity index (χ1) is 14.0. The molecule has 1 unspecified atom stereocenters. The van der Waals surface area contributed by atoms with Crippen molar-refractivity contribution in [3.63, 3.8) is 0 Å². The number of halogens is 1. The van der Waals surface area contributed by atoms with Crippen molar-refractivity contribution in [1.82, 2.24) is 14.5 Å². The van der Waals surface area contributed by atoms with Crippen molar-refractivity contribution in [3.8, 4) is 5.75 Å². The summed E-state index contributed by atoms with van der Waals surface area (Å²) in [5, 5.41) is 10.9. The Morgan fingerprint density at radius 1 is 1.21 bits per heavy atom. The van der Waals surface area contributed by atoms with Crippen molar-refractivity contribution in [2.75, 3.05) is 19.7 Å². The predicted molar refractivity (Wildman–Crippen MR) is 107 cm³/mol. The maximum absolute atomic E-state index is 13.0. The van der Waals surface area contributed by atoms with Gasteiger partial charge in [0.15, 0.2) is 0 Å². The zero-order valence-electron chi connectivity index (χ0n) is 16.1. The molecule has 1 amide bonds. The first-order valence-electron chi connectivity index (χ1n) is 9.81. The van der Waals surface area contributed by atoms with E-state index in [1.54, 1.807) is 11.2 Å². The molecule has 6 nitrogen and oxygen atoms in total. The number of carbonyl (C=O) groups is 1. The second-order valence-corrected chi connectivity index (χ2v) is 7.56. The number of rotatable bonds is 6. The van der Waals surface area contributed by atoms with Gasteiger partial charge < -0.3 is 19.3 Å². The second-order valence-electron chi connectivity index (χ2n) is 7.56. The van der Waals surface area contributed by atoms with Gasteiger partial charge in [0.2, 0.25) is 5.91 Å². The number of benzene rings is 2. The van der Waals surface area contributed by atoms with Crippen molar-refractivity contribution in [1.29, 1.82) is 0 Å². The maximum atomic E-state index is 13.0. The number of likely N-dealkylation sites (tertiary alicyclic amines) is 1. The van der Waals surface area contributed by atoms with E-state index in [9.17, 15) is 14.3 Å². The third kappa shape index (κ3) is 4.56. The normalized spacial score (nSPS) is 19.4. The van der Waals surface area contributed by atoms with E-state index in [4.69, 9.17) is 4.74 Å². The molecule has 1 fully saturated rings. The van der Waals surface area contributed by atoms with E-state index in [0.717, 1.165) is 11.0 Å². The summed E-state index contributed by atoms with van der Waals surface area (Å²) in [5.41, 5.74) is 0.803. The van der Waals surface area contributed by atoms with E-state index in [1.807, 2.05) is 28.8 Å². The van der Waals surface area contributed by atoms with Gasteiger partial charge in [-0.2, -0.15) is 0 Å². The van der Waals surface area contributed by atoms with Crippen LogP contribution in [0.25, 0.3) is 11.0 Å². The van der Waals surface area contributed by atoms with Crippen molar-refractivity contribution >= 4 is 16.9 Å². The van der Waals surface area contributed by atoms with Gasteiger partial charge in [0, 0.05) is 19.5 Å². The number of imidazole rings is 1. The van der Waals surface area contributed by atoms with Crippen LogP contribution in [0.3, 0.4) is 0 Å². The van der Waals surface area contributed by atoms with Crippen molar-refractivity contribution in [2.45, 2.75) is 31.4 Å².